The Balaban J connectivity index is 1.83. The van der Waals surface area contributed by atoms with E-state index in [1.807, 2.05) is 0 Å². The molecular weight excluding hydrogens is 218 g/mol. The van der Waals surface area contributed by atoms with Crippen LogP contribution in [-0.4, -0.2) is 22.0 Å². The lowest BCUT2D eigenvalue weighted by atomic mass is 10.1. The monoisotopic (exact) mass is 237 g/mol. The molecule has 2 heterocycles. The second-order valence-corrected chi connectivity index (χ2v) is 5.09. The van der Waals surface area contributed by atoms with Crippen LogP contribution < -0.4 is 5.32 Å². The van der Waals surface area contributed by atoms with Gasteiger partial charge in [-0.1, -0.05) is 6.92 Å². The Hall–Kier alpha value is -0.870. The van der Waals surface area contributed by atoms with Gasteiger partial charge in [-0.15, -0.1) is 11.3 Å². The van der Waals surface area contributed by atoms with Crippen LogP contribution in [0.3, 0.4) is 0 Å². The molecular formula is C12H19N3S. The fraction of sp³-hybridized carbons (Fsp3) is 0.583. The van der Waals surface area contributed by atoms with Gasteiger partial charge in [-0.25, -0.2) is 4.98 Å². The first-order chi connectivity index (χ1) is 7.79. The van der Waals surface area contributed by atoms with Crippen molar-refractivity contribution in [1.29, 1.82) is 0 Å². The van der Waals surface area contributed by atoms with E-state index in [4.69, 9.17) is 0 Å². The molecule has 0 aliphatic carbocycles. The zero-order chi connectivity index (χ0) is 11.4. The van der Waals surface area contributed by atoms with Gasteiger partial charge in [0.25, 0.3) is 0 Å². The first-order valence-electron chi connectivity index (χ1n) is 5.94. The van der Waals surface area contributed by atoms with Crippen molar-refractivity contribution in [1.82, 2.24) is 14.7 Å². The minimum atomic E-state index is 0.583. The van der Waals surface area contributed by atoms with Crippen LogP contribution in [-0.2, 0) is 6.42 Å². The molecule has 0 saturated carbocycles. The molecule has 0 aromatic carbocycles. The number of aryl methyl sites for hydroxylation is 1. The number of nitrogens with zero attached hydrogens (tertiary/aromatic N) is 2. The van der Waals surface area contributed by atoms with E-state index in [1.54, 1.807) is 11.3 Å². The number of hydrogen-bond acceptors (Lipinski definition) is 3. The lowest BCUT2D eigenvalue weighted by Gasteiger charge is -2.11. The number of thiazole rings is 1. The van der Waals surface area contributed by atoms with Crippen molar-refractivity contribution in [2.24, 2.45) is 0 Å². The molecule has 0 saturated heterocycles. The second-order valence-electron chi connectivity index (χ2n) is 4.22. The zero-order valence-corrected chi connectivity index (χ0v) is 10.8. The number of fused-ring (bicyclic) bond motifs is 1. The van der Waals surface area contributed by atoms with E-state index >= 15 is 0 Å². The molecule has 3 nitrogen and oxygen atoms in total. The van der Waals surface area contributed by atoms with Gasteiger partial charge in [0, 0.05) is 23.8 Å². The third-order valence-electron chi connectivity index (χ3n) is 2.72. The molecule has 16 heavy (non-hydrogen) atoms. The van der Waals surface area contributed by atoms with Crippen LogP contribution >= 0.6 is 11.3 Å². The highest BCUT2D eigenvalue weighted by Gasteiger charge is 2.05. The SMILES string of the molecule is CCCNC(C)CCc1cn2ccsc2n1. The van der Waals surface area contributed by atoms with E-state index in [0.717, 1.165) is 24.3 Å². The Labute approximate surface area is 101 Å². The van der Waals surface area contributed by atoms with Crippen LogP contribution in [0.25, 0.3) is 4.96 Å². The molecule has 2 aromatic rings. The van der Waals surface area contributed by atoms with E-state index in [0.29, 0.717) is 6.04 Å². The van der Waals surface area contributed by atoms with Crippen LogP contribution in [0.15, 0.2) is 17.8 Å². The zero-order valence-electron chi connectivity index (χ0n) is 9.94. The highest BCUT2D eigenvalue weighted by Crippen LogP contribution is 2.12. The molecule has 0 bridgehead atoms. The maximum atomic E-state index is 4.58. The van der Waals surface area contributed by atoms with Crippen LogP contribution in [0.1, 0.15) is 32.4 Å². The summed E-state index contributed by atoms with van der Waals surface area (Å²) in [5, 5.41) is 5.57. The number of imidazole rings is 1. The molecule has 4 heteroatoms. The van der Waals surface area contributed by atoms with Crippen molar-refractivity contribution in [3.05, 3.63) is 23.5 Å². The summed E-state index contributed by atoms with van der Waals surface area (Å²) in [7, 11) is 0. The third-order valence-corrected chi connectivity index (χ3v) is 3.49. The molecule has 0 radical (unpaired) electrons. The van der Waals surface area contributed by atoms with E-state index < -0.39 is 0 Å². The number of nitrogens with one attached hydrogen (secondary N) is 1. The average molecular weight is 237 g/mol. The van der Waals surface area contributed by atoms with Gasteiger partial charge in [0.1, 0.15) is 0 Å². The van der Waals surface area contributed by atoms with Crippen molar-refractivity contribution in [2.75, 3.05) is 6.54 Å². The largest absolute Gasteiger partial charge is 0.314 e. The standard InChI is InChI=1S/C12H19N3S/c1-3-6-13-10(2)4-5-11-9-15-7-8-16-12(15)14-11/h7-10,13H,3-6H2,1-2H3. The molecule has 2 aromatic heterocycles. The van der Waals surface area contributed by atoms with Gasteiger partial charge in [0.05, 0.1) is 5.69 Å². The van der Waals surface area contributed by atoms with Crippen LogP contribution in [0.2, 0.25) is 0 Å². The molecule has 1 atom stereocenters. The Bertz CT molecular complexity index is 404. The summed E-state index contributed by atoms with van der Waals surface area (Å²) in [6, 6.07) is 0.583. The summed E-state index contributed by atoms with van der Waals surface area (Å²) in [5.41, 5.74) is 1.21. The van der Waals surface area contributed by atoms with Gasteiger partial charge in [0.2, 0.25) is 0 Å². The van der Waals surface area contributed by atoms with Gasteiger partial charge in [0.15, 0.2) is 4.96 Å². The first kappa shape index (κ1) is 11.6. The van der Waals surface area contributed by atoms with Gasteiger partial charge in [-0.3, -0.25) is 4.40 Å². The van der Waals surface area contributed by atoms with Gasteiger partial charge in [-0.2, -0.15) is 0 Å². The topological polar surface area (TPSA) is 29.3 Å². The van der Waals surface area contributed by atoms with Crippen LogP contribution in [0.5, 0.6) is 0 Å². The third kappa shape index (κ3) is 2.83. The molecule has 0 aliphatic rings. The normalized spacial score (nSPS) is 13.4. The Morgan fingerprint density at radius 2 is 2.44 bits per heavy atom. The molecule has 0 amide bonds. The summed E-state index contributed by atoms with van der Waals surface area (Å²) in [6.45, 7) is 5.55. The van der Waals surface area contributed by atoms with E-state index in [1.165, 1.54) is 12.1 Å². The maximum absolute atomic E-state index is 4.58. The van der Waals surface area contributed by atoms with Crippen molar-refractivity contribution >= 4 is 16.3 Å². The minimum absolute atomic E-state index is 0.583. The van der Waals surface area contributed by atoms with Crippen LogP contribution in [0.4, 0.5) is 0 Å². The van der Waals surface area contributed by atoms with E-state index in [2.05, 4.69) is 46.3 Å². The van der Waals surface area contributed by atoms with E-state index in [9.17, 15) is 0 Å². The lowest BCUT2D eigenvalue weighted by molar-refractivity contribution is 0.512. The van der Waals surface area contributed by atoms with Gasteiger partial charge >= 0.3 is 0 Å². The second kappa shape index (κ2) is 5.46. The fourth-order valence-electron chi connectivity index (χ4n) is 1.75. The maximum Gasteiger partial charge on any atom is 0.193 e. The predicted octanol–water partition coefficient (Wildman–Crippen LogP) is 2.72. The Morgan fingerprint density at radius 1 is 1.56 bits per heavy atom. The molecule has 0 aliphatic heterocycles. The van der Waals surface area contributed by atoms with Crippen LogP contribution in [0, 0.1) is 0 Å². The quantitative estimate of drug-likeness (QED) is 0.837. The van der Waals surface area contributed by atoms with Crippen molar-refractivity contribution in [3.63, 3.8) is 0 Å². The molecule has 2 rings (SSSR count). The van der Waals surface area contributed by atoms with Crippen molar-refractivity contribution in [2.45, 2.75) is 39.2 Å². The lowest BCUT2D eigenvalue weighted by Crippen LogP contribution is -2.27. The summed E-state index contributed by atoms with van der Waals surface area (Å²) in [6.07, 6.45) is 7.62. The van der Waals surface area contributed by atoms with Crippen molar-refractivity contribution < 1.29 is 0 Å². The van der Waals surface area contributed by atoms with E-state index in [-0.39, 0.29) is 0 Å². The fourth-order valence-corrected chi connectivity index (χ4v) is 2.47. The average Bonchev–Trinajstić information content (AvgIpc) is 2.83. The summed E-state index contributed by atoms with van der Waals surface area (Å²) >= 11 is 1.69. The summed E-state index contributed by atoms with van der Waals surface area (Å²) in [4.78, 5) is 5.68. The molecule has 0 spiro atoms. The minimum Gasteiger partial charge on any atom is -0.314 e. The Morgan fingerprint density at radius 3 is 3.19 bits per heavy atom. The highest BCUT2D eigenvalue weighted by atomic mass is 32.1. The number of rotatable bonds is 6. The number of aromatic nitrogens is 2. The van der Waals surface area contributed by atoms with Crippen molar-refractivity contribution in [3.8, 4) is 0 Å². The molecule has 1 unspecified atom stereocenters. The van der Waals surface area contributed by atoms with Gasteiger partial charge < -0.3 is 5.32 Å². The Kier molecular flexibility index (Phi) is 3.96. The first-order valence-corrected chi connectivity index (χ1v) is 6.82. The highest BCUT2D eigenvalue weighted by molar-refractivity contribution is 7.15. The molecule has 88 valence electrons. The molecule has 0 fully saturated rings. The summed E-state index contributed by atoms with van der Waals surface area (Å²) < 4.78 is 2.10. The smallest absolute Gasteiger partial charge is 0.193 e. The predicted molar refractivity (Wildman–Crippen MR) is 69.1 cm³/mol. The molecule has 1 N–H and O–H groups in total. The number of hydrogen-bond donors (Lipinski definition) is 1. The summed E-state index contributed by atoms with van der Waals surface area (Å²) in [5.74, 6) is 0. The van der Waals surface area contributed by atoms with Gasteiger partial charge in [-0.05, 0) is 32.7 Å².